The first-order valence-corrected chi connectivity index (χ1v) is 6.33. The molecule has 0 atom stereocenters. The maximum absolute atomic E-state index is 11.2. The van der Waals surface area contributed by atoms with Crippen molar-refractivity contribution in [3.05, 3.63) is 33.9 Å². The van der Waals surface area contributed by atoms with E-state index in [1.54, 1.807) is 0 Å². The number of rotatable bonds is 2. The van der Waals surface area contributed by atoms with Gasteiger partial charge in [-0.15, -0.1) is 5.92 Å². The molecule has 0 amide bonds. The van der Waals surface area contributed by atoms with Gasteiger partial charge in [-0.1, -0.05) is 5.92 Å². The highest BCUT2D eigenvalue weighted by Gasteiger charge is 2.19. The molecule has 0 saturated heterocycles. The van der Waals surface area contributed by atoms with Crippen LogP contribution in [0.15, 0.2) is 23.1 Å². The monoisotopic (exact) mass is 259 g/mol. The van der Waals surface area contributed by atoms with Crippen molar-refractivity contribution in [1.29, 1.82) is 0 Å². The summed E-state index contributed by atoms with van der Waals surface area (Å²) >= 11 is 0. The lowest BCUT2D eigenvalue weighted by Crippen LogP contribution is -1.97. The van der Waals surface area contributed by atoms with Crippen LogP contribution in [0.3, 0.4) is 0 Å². The number of non-ortho nitro benzene ring substituents is 1. The first-order chi connectivity index (χ1) is 7.36. The molecule has 0 aliphatic heterocycles. The molecule has 0 unspecified atom stereocenters. The zero-order valence-corrected chi connectivity index (χ0v) is 9.67. The van der Waals surface area contributed by atoms with Crippen LogP contribution in [-0.2, 0) is 9.05 Å². The summed E-state index contributed by atoms with van der Waals surface area (Å²) in [5.41, 5.74) is -0.205. The van der Waals surface area contributed by atoms with E-state index in [9.17, 15) is 18.5 Å². The number of nitro benzene ring substituents is 1. The minimum absolute atomic E-state index is 0.142. The molecule has 16 heavy (non-hydrogen) atoms. The highest BCUT2D eigenvalue weighted by atomic mass is 35.7. The lowest BCUT2D eigenvalue weighted by molar-refractivity contribution is -0.385. The minimum atomic E-state index is -4.05. The lowest BCUT2D eigenvalue weighted by Gasteiger charge is -2.00. The van der Waals surface area contributed by atoms with Gasteiger partial charge in [0.2, 0.25) is 0 Å². The van der Waals surface area contributed by atoms with E-state index < -0.39 is 14.0 Å². The van der Waals surface area contributed by atoms with E-state index in [0.29, 0.717) is 0 Å². The van der Waals surface area contributed by atoms with Crippen molar-refractivity contribution in [1.82, 2.24) is 0 Å². The van der Waals surface area contributed by atoms with E-state index in [4.69, 9.17) is 10.7 Å². The van der Waals surface area contributed by atoms with Crippen LogP contribution in [0, 0.1) is 22.0 Å². The number of halogens is 1. The number of hydrogen-bond acceptors (Lipinski definition) is 4. The van der Waals surface area contributed by atoms with Crippen LogP contribution in [0.5, 0.6) is 0 Å². The van der Waals surface area contributed by atoms with E-state index in [0.717, 1.165) is 6.07 Å². The number of benzene rings is 1. The summed E-state index contributed by atoms with van der Waals surface area (Å²) in [7, 11) is 1.11. The van der Waals surface area contributed by atoms with Gasteiger partial charge < -0.3 is 0 Å². The Morgan fingerprint density at radius 3 is 2.50 bits per heavy atom. The normalized spacial score (nSPS) is 10.4. The molecule has 0 aliphatic rings. The minimum Gasteiger partial charge on any atom is -0.258 e. The Balaban J connectivity index is 3.55. The number of nitrogens with zero attached hydrogens (tertiary/aromatic N) is 1. The highest BCUT2D eigenvalue weighted by Crippen LogP contribution is 2.24. The molecule has 84 valence electrons. The average Bonchev–Trinajstić information content (AvgIpc) is 2.16. The van der Waals surface area contributed by atoms with Crippen molar-refractivity contribution >= 4 is 25.4 Å². The molecule has 0 fully saturated rings. The van der Waals surface area contributed by atoms with Crippen LogP contribution in [0.1, 0.15) is 12.5 Å². The molecular weight excluding hydrogens is 254 g/mol. The average molecular weight is 260 g/mol. The largest absolute Gasteiger partial charge is 0.270 e. The fourth-order valence-electron chi connectivity index (χ4n) is 1.06. The summed E-state index contributed by atoms with van der Waals surface area (Å²) in [4.78, 5) is 9.43. The first kappa shape index (κ1) is 12.5. The van der Waals surface area contributed by atoms with Gasteiger partial charge in [0.25, 0.3) is 14.7 Å². The van der Waals surface area contributed by atoms with Gasteiger partial charge in [-0.2, -0.15) is 0 Å². The van der Waals surface area contributed by atoms with Gasteiger partial charge in [-0.05, 0) is 13.0 Å². The van der Waals surface area contributed by atoms with Crippen molar-refractivity contribution in [3.63, 3.8) is 0 Å². The Kier molecular flexibility index (Phi) is 3.52. The maximum Gasteiger partial charge on any atom is 0.270 e. The van der Waals surface area contributed by atoms with Crippen LogP contribution in [-0.4, -0.2) is 13.3 Å². The first-order valence-electron chi connectivity index (χ1n) is 4.02. The Bertz CT molecular complexity index is 598. The van der Waals surface area contributed by atoms with E-state index in [2.05, 4.69) is 11.8 Å². The Hall–Kier alpha value is -1.58. The highest BCUT2D eigenvalue weighted by molar-refractivity contribution is 8.13. The SMILES string of the molecule is CC#Cc1ccc([N+](=O)[O-])cc1S(=O)(=O)Cl. The molecule has 0 saturated carbocycles. The third kappa shape index (κ3) is 2.72. The van der Waals surface area contributed by atoms with E-state index in [1.165, 1.54) is 19.1 Å². The molecule has 0 N–H and O–H groups in total. The van der Waals surface area contributed by atoms with Crippen LogP contribution in [0.25, 0.3) is 0 Å². The topological polar surface area (TPSA) is 77.3 Å². The molecule has 7 heteroatoms. The predicted molar refractivity (Wildman–Crippen MR) is 58.7 cm³/mol. The van der Waals surface area contributed by atoms with Gasteiger partial charge in [-0.25, -0.2) is 8.42 Å². The smallest absolute Gasteiger partial charge is 0.258 e. The third-order valence-corrected chi connectivity index (χ3v) is 3.06. The standard InChI is InChI=1S/C9H6ClNO4S/c1-2-3-7-4-5-8(11(12)13)6-9(7)16(10,14)15/h4-6H,1H3. The molecule has 0 aliphatic carbocycles. The van der Waals surface area contributed by atoms with Gasteiger partial charge in [0.15, 0.2) is 0 Å². The zero-order valence-electron chi connectivity index (χ0n) is 8.10. The fraction of sp³-hybridized carbons (Fsp3) is 0.111. The Morgan fingerprint density at radius 1 is 1.44 bits per heavy atom. The van der Waals surface area contributed by atoms with Crippen molar-refractivity contribution in [2.24, 2.45) is 0 Å². The molecule has 0 heterocycles. The van der Waals surface area contributed by atoms with Crippen LogP contribution in [0.2, 0.25) is 0 Å². The number of hydrogen-bond donors (Lipinski definition) is 0. The van der Waals surface area contributed by atoms with Gasteiger partial charge in [-0.3, -0.25) is 10.1 Å². The van der Waals surface area contributed by atoms with Gasteiger partial charge in [0, 0.05) is 28.4 Å². The molecule has 1 aromatic carbocycles. The van der Waals surface area contributed by atoms with E-state index in [-0.39, 0.29) is 16.1 Å². The van der Waals surface area contributed by atoms with Gasteiger partial charge in [0.1, 0.15) is 4.90 Å². The lowest BCUT2D eigenvalue weighted by atomic mass is 10.2. The van der Waals surface area contributed by atoms with Crippen molar-refractivity contribution in [3.8, 4) is 11.8 Å². The molecule has 1 aromatic rings. The van der Waals surface area contributed by atoms with Gasteiger partial charge in [0.05, 0.1) is 4.92 Å². The number of nitro groups is 1. The quantitative estimate of drug-likeness (QED) is 0.352. The molecule has 1 rings (SSSR count). The Labute approximate surface area is 96.6 Å². The summed E-state index contributed by atoms with van der Waals surface area (Å²) in [5, 5.41) is 10.5. The summed E-state index contributed by atoms with van der Waals surface area (Å²) in [6, 6.07) is 3.32. The summed E-state index contributed by atoms with van der Waals surface area (Å²) in [6.45, 7) is 1.52. The van der Waals surface area contributed by atoms with E-state index >= 15 is 0 Å². The van der Waals surface area contributed by atoms with Crippen molar-refractivity contribution in [2.45, 2.75) is 11.8 Å². The van der Waals surface area contributed by atoms with Crippen molar-refractivity contribution in [2.75, 3.05) is 0 Å². The molecule has 0 bridgehead atoms. The summed E-state index contributed by atoms with van der Waals surface area (Å²) in [5.74, 6) is 5.01. The predicted octanol–water partition coefficient (Wildman–Crippen LogP) is 1.89. The van der Waals surface area contributed by atoms with E-state index in [1.807, 2.05) is 0 Å². The third-order valence-electron chi connectivity index (χ3n) is 1.70. The second kappa shape index (κ2) is 4.51. The second-order valence-electron chi connectivity index (χ2n) is 2.75. The van der Waals surface area contributed by atoms with Crippen LogP contribution in [0.4, 0.5) is 5.69 Å². The summed E-state index contributed by atoms with van der Waals surface area (Å²) in [6.07, 6.45) is 0. The molecule has 5 nitrogen and oxygen atoms in total. The zero-order chi connectivity index (χ0) is 12.3. The fourth-order valence-corrected chi connectivity index (χ4v) is 2.09. The Morgan fingerprint density at radius 2 is 2.06 bits per heavy atom. The van der Waals surface area contributed by atoms with Crippen LogP contribution >= 0.6 is 10.7 Å². The molecule has 0 spiro atoms. The molecule has 0 radical (unpaired) electrons. The molecule has 0 aromatic heterocycles. The summed E-state index contributed by atoms with van der Waals surface area (Å²) < 4.78 is 22.4. The maximum atomic E-state index is 11.2. The van der Waals surface area contributed by atoms with Gasteiger partial charge >= 0.3 is 0 Å². The van der Waals surface area contributed by atoms with Crippen LogP contribution < -0.4 is 0 Å². The van der Waals surface area contributed by atoms with Crippen molar-refractivity contribution < 1.29 is 13.3 Å². The molecular formula is C9H6ClNO4S. The second-order valence-corrected chi connectivity index (χ2v) is 5.28.